The van der Waals surface area contributed by atoms with E-state index in [2.05, 4.69) is 15.8 Å². The van der Waals surface area contributed by atoms with Crippen molar-refractivity contribution in [3.8, 4) is 0 Å². The molecule has 0 saturated carbocycles. The average molecular weight is 538 g/mol. The first kappa shape index (κ1) is 28.6. The van der Waals surface area contributed by atoms with Crippen LogP contribution in [0.3, 0.4) is 0 Å². The van der Waals surface area contributed by atoms with E-state index in [9.17, 15) is 17.6 Å². The summed E-state index contributed by atoms with van der Waals surface area (Å²) in [6.45, 7) is 4.25. The minimum absolute atomic E-state index is 0.149. The molecule has 1 saturated heterocycles. The maximum Gasteiger partial charge on any atom is 0.392 e. The van der Waals surface area contributed by atoms with Crippen molar-refractivity contribution in [3.63, 3.8) is 0 Å². The molecule has 2 aromatic carbocycles. The number of hydrogen-bond donors (Lipinski definition) is 4. The standard InChI is InChI=1S/C25H31F4N7S/c1-16-10-22(33-20-6-4-19(26)5-7-20)18(12-30)11-21(16)23-15-36(37-24(13-31)34-32-3)9-8-35(23)14-17(2)25(27,28)29/h4-7,10-13,17,23,30-33H,8-9,14-15H2,1-3H3/b30-12?,31-13?,34-24+. The second-order valence-electron chi connectivity index (χ2n) is 8.82. The van der Waals surface area contributed by atoms with E-state index in [0.717, 1.165) is 17.3 Å². The van der Waals surface area contributed by atoms with Gasteiger partial charge in [-0.15, -0.1) is 0 Å². The average Bonchev–Trinajstić information content (AvgIpc) is 2.85. The van der Waals surface area contributed by atoms with E-state index in [1.165, 1.54) is 37.2 Å². The van der Waals surface area contributed by atoms with Crippen molar-refractivity contribution in [2.75, 3.05) is 38.5 Å². The summed E-state index contributed by atoms with van der Waals surface area (Å²) in [4.78, 5) is 1.84. The SMILES string of the molecule is CN/N=C(\C=N)SN1CCN(CC(C)C(F)(F)F)C(c2cc(C=N)c(Nc3ccc(F)cc3)cc2C)C1. The van der Waals surface area contributed by atoms with E-state index >= 15 is 0 Å². The Morgan fingerprint density at radius 2 is 1.92 bits per heavy atom. The Morgan fingerprint density at radius 1 is 1.22 bits per heavy atom. The molecule has 12 heteroatoms. The van der Waals surface area contributed by atoms with Crippen molar-refractivity contribution < 1.29 is 17.6 Å². The fraction of sp³-hybridized carbons (Fsp3) is 0.400. The molecule has 3 rings (SSSR count). The van der Waals surface area contributed by atoms with Gasteiger partial charge in [-0.2, -0.15) is 18.3 Å². The number of hydrogen-bond acceptors (Lipinski definition) is 8. The van der Waals surface area contributed by atoms with Gasteiger partial charge in [-0.05, 0) is 66.4 Å². The van der Waals surface area contributed by atoms with Crippen molar-refractivity contribution in [1.29, 1.82) is 10.8 Å². The molecule has 2 aromatic rings. The number of rotatable bonds is 9. The van der Waals surface area contributed by atoms with Gasteiger partial charge in [0, 0.05) is 62.4 Å². The summed E-state index contributed by atoms with van der Waals surface area (Å²) in [7, 11) is 1.63. The minimum atomic E-state index is -4.30. The van der Waals surface area contributed by atoms with Crippen molar-refractivity contribution >= 4 is 40.8 Å². The number of benzene rings is 2. The molecule has 2 atom stereocenters. The lowest BCUT2D eigenvalue weighted by atomic mass is 9.94. The smallest absolute Gasteiger partial charge is 0.355 e. The van der Waals surface area contributed by atoms with Gasteiger partial charge in [0.1, 0.15) is 10.9 Å². The normalized spacial score (nSPS) is 18.4. The Kier molecular flexibility index (Phi) is 9.68. The Hall–Kier alpha value is -2.96. The molecule has 0 radical (unpaired) electrons. The fourth-order valence-electron chi connectivity index (χ4n) is 4.19. The van der Waals surface area contributed by atoms with Crippen LogP contribution in [0.2, 0.25) is 0 Å². The predicted octanol–water partition coefficient (Wildman–Crippen LogP) is 5.56. The maximum atomic E-state index is 13.4. The summed E-state index contributed by atoms with van der Waals surface area (Å²) in [6.07, 6.45) is -1.98. The summed E-state index contributed by atoms with van der Waals surface area (Å²) in [6, 6.07) is 9.18. The van der Waals surface area contributed by atoms with Gasteiger partial charge in [-0.3, -0.25) is 4.90 Å². The number of anilines is 2. The van der Waals surface area contributed by atoms with Gasteiger partial charge in [0.15, 0.2) is 0 Å². The molecule has 0 spiro atoms. The highest BCUT2D eigenvalue weighted by Gasteiger charge is 2.40. The van der Waals surface area contributed by atoms with Gasteiger partial charge in [0.25, 0.3) is 0 Å². The summed E-state index contributed by atoms with van der Waals surface area (Å²) < 4.78 is 55.6. The van der Waals surface area contributed by atoms with E-state index in [1.807, 2.05) is 28.3 Å². The molecular formula is C25H31F4N7S. The molecule has 200 valence electrons. The molecule has 1 aliphatic rings. The van der Waals surface area contributed by atoms with Crippen LogP contribution in [-0.2, 0) is 0 Å². The first-order chi connectivity index (χ1) is 17.5. The number of halogens is 4. The molecule has 2 unspecified atom stereocenters. The molecule has 7 nitrogen and oxygen atoms in total. The van der Waals surface area contributed by atoms with Crippen molar-refractivity contribution in [2.45, 2.75) is 26.1 Å². The minimum Gasteiger partial charge on any atom is -0.355 e. The second-order valence-corrected chi connectivity index (χ2v) is 9.94. The van der Waals surface area contributed by atoms with Crippen LogP contribution < -0.4 is 10.7 Å². The molecule has 1 aliphatic heterocycles. The molecule has 0 amide bonds. The first-order valence-corrected chi connectivity index (χ1v) is 12.5. The summed E-state index contributed by atoms with van der Waals surface area (Å²) in [5, 5.41) is 23.2. The lowest BCUT2D eigenvalue weighted by molar-refractivity contribution is -0.176. The number of nitrogens with zero attached hydrogens (tertiary/aromatic N) is 3. The van der Waals surface area contributed by atoms with Crippen LogP contribution in [0, 0.1) is 29.5 Å². The number of piperazine rings is 1. The van der Waals surface area contributed by atoms with Crippen LogP contribution >= 0.6 is 11.9 Å². The van der Waals surface area contributed by atoms with Gasteiger partial charge in [-0.1, -0.05) is 6.92 Å². The molecule has 37 heavy (non-hydrogen) atoms. The number of nitrogens with one attached hydrogen (secondary N) is 4. The van der Waals surface area contributed by atoms with Gasteiger partial charge in [-0.25, -0.2) is 8.70 Å². The third kappa shape index (κ3) is 7.53. The highest BCUT2D eigenvalue weighted by Crippen LogP contribution is 2.36. The van der Waals surface area contributed by atoms with Crippen LogP contribution in [0.5, 0.6) is 0 Å². The Labute approximate surface area is 218 Å². The third-order valence-corrected chi connectivity index (χ3v) is 7.15. The van der Waals surface area contributed by atoms with E-state index in [0.29, 0.717) is 41.6 Å². The van der Waals surface area contributed by atoms with E-state index in [-0.39, 0.29) is 18.4 Å². The molecule has 0 aliphatic carbocycles. The van der Waals surface area contributed by atoms with Crippen molar-refractivity contribution in [2.24, 2.45) is 11.0 Å². The zero-order valence-corrected chi connectivity index (χ0v) is 21.7. The molecule has 0 aromatic heterocycles. The third-order valence-electron chi connectivity index (χ3n) is 6.17. The zero-order chi connectivity index (χ0) is 27.2. The molecule has 1 fully saturated rings. The Morgan fingerprint density at radius 3 is 2.51 bits per heavy atom. The lowest BCUT2D eigenvalue weighted by Crippen LogP contribution is -2.49. The number of hydrazone groups is 1. The van der Waals surface area contributed by atoms with Crippen molar-refractivity contribution in [3.05, 3.63) is 58.9 Å². The lowest BCUT2D eigenvalue weighted by Gasteiger charge is -2.42. The fourth-order valence-corrected chi connectivity index (χ4v) is 5.02. The van der Waals surface area contributed by atoms with Crippen molar-refractivity contribution in [1.82, 2.24) is 14.6 Å². The molecule has 0 bridgehead atoms. The van der Waals surface area contributed by atoms with Gasteiger partial charge in [0.05, 0.1) is 12.1 Å². The molecule has 4 N–H and O–H groups in total. The Balaban J connectivity index is 1.95. The highest BCUT2D eigenvalue weighted by atomic mass is 32.2. The van der Waals surface area contributed by atoms with Crippen LogP contribution in [0.4, 0.5) is 28.9 Å². The van der Waals surface area contributed by atoms with E-state index in [4.69, 9.17) is 10.8 Å². The highest BCUT2D eigenvalue weighted by molar-refractivity contribution is 8.13. The second kappa shape index (κ2) is 12.5. The number of aryl methyl sites for hydroxylation is 1. The molecule has 1 heterocycles. The topological polar surface area (TPSA) is 90.6 Å². The van der Waals surface area contributed by atoms with E-state index in [1.54, 1.807) is 19.2 Å². The van der Waals surface area contributed by atoms with Gasteiger partial charge >= 0.3 is 6.18 Å². The summed E-state index contributed by atoms with van der Waals surface area (Å²) >= 11 is 1.28. The summed E-state index contributed by atoms with van der Waals surface area (Å²) in [5.74, 6) is -1.86. The van der Waals surface area contributed by atoms with Crippen LogP contribution in [0.25, 0.3) is 0 Å². The Bertz CT molecular complexity index is 1120. The predicted molar refractivity (Wildman–Crippen MR) is 143 cm³/mol. The van der Waals surface area contributed by atoms with Gasteiger partial charge < -0.3 is 21.6 Å². The quantitative estimate of drug-likeness (QED) is 0.111. The van der Waals surface area contributed by atoms with E-state index < -0.39 is 12.1 Å². The van der Waals surface area contributed by atoms with Crippen LogP contribution in [0.15, 0.2) is 41.5 Å². The van der Waals surface area contributed by atoms with Crippen LogP contribution in [0.1, 0.15) is 29.7 Å². The largest absolute Gasteiger partial charge is 0.392 e. The van der Waals surface area contributed by atoms with Crippen LogP contribution in [-0.4, -0.2) is 66.1 Å². The zero-order valence-electron chi connectivity index (χ0n) is 20.9. The summed E-state index contributed by atoms with van der Waals surface area (Å²) in [5.41, 5.74) is 6.20. The first-order valence-electron chi connectivity index (χ1n) is 11.7. The number of alkyl halides is 3. The maximum absolute atomic E-state index is 13.4. The monoisotopic (exact) mass is 537 g/mol. The molecular weight excluding hydrogens is 506 g/mol. The van der Waals surface area contributed by atoms with Gasteiger partial charge in [0.2, 0.25) is 0 Å².